The summed E-state index contributed by atoms with van der Waals surface area (Å²) < 4.78 is 0. The van der Waals surface area contributed by atoms with Crippen LogP contribution >= 0.6 is 23.2 Å². The minimum atomic E-state index is -0.0353. The first-order chi connectivity index (χ1) is 11.5. The molecule has 0 saturated heterocycles. The average molecular weight is 366 g/mol. The first-order valence-electron chi connectivity index (χ1n) is 7.72. The molecule has 128 valence electrons. The molecule has 24 heavy (non-hydrogen) atoms. The van der Waals surface area contributed by atoms with E-state index in [1.807, 2.05) is 49.5 Å². The number of rotatable bonds is 8. The van der Waals surface area contributed by atoms with Gasteiger partial charge in [0.2, 0.25) is 5.91 Å². The third kappa shape index (κ3) is 6.49. The summed E-state index contributed by atoms with van der Waals surface area (Å²) in [7, 11) is 1.97. The number of hydrazine groups is 1. The smallest absolute Gasteiger partial charge is 0.235 e. The molecule has 0 aliphatic carbocycles. The molecule has 0 radical (unpaired) electrons. The summed E-state index contributed by atoms with van der Waals surface area (Å²) in [6, 6.07) is 15.5. The van der Waals surface area contributed by atoms with E-state index in [0.717, 1.165) is 11.1 Å². The van der Waals surface area contributed by atoms with Crippen LogP contribution < -0.4 is 10.9 Å². The van der Waals surface area contributed by atoms with Gasteiger partial charge in [-0.2, -0.15) is 0 Å². The SMILES string of the molecule is CN(CCC(=O)NNCc1ccccc1)Cc1ccc(Cl)c(Cl)c1. The van der Waals surface area contributed by atoms with Gasteiger partial charge in [-0.1, -0.05) is 59.6 Å². The predicted octanol–water partition coefficient (Wildman–Crippen LogP) is 3.64. The third-order valence-corrected chi connectivity index (χ3v) is 4.26. The van der Waals surface area contributed by atoms with Crippen molar-refractivity contribution in [2.75, 3.05) is 13.6 Å². The van der Waals surface area contributed by atoms with Crippen molar-refractivity contribution in [3.05, 3.63) is 69.7 Å². The van der Waals surface area contributed by atoms with Crippen LogP contribution in [-0.2, 0) is 17.9 Å². The Bertz CT molecular complexity index is 665. The number of nitrogens with zero attached hydrogens (tertiary/aromatic N) is 1. The molecule has 0 heterocycles. The van der Waals surface area contributed by atoms with E-state index < -0.39 is 0 Å². The lowest BCUT2D eigenvalue weighted by atomic mass is 10.2. The van der Waals surface area contributed by atoms with Gasteiger partial charge < -0.3 is 4.90 Å². The van der Waals surface area contributed by atoms with E-state index in [4.69, 9.17) is 23.2 Å². The second kappa shape index (κ2) is 9.64. The summed E-state index contributed by atoms with van der Waals surface area (Å²) in [5.74, 6) is -0.0353. The van der Waals surface area contributed by atoms with E-state index in [2.05, 4.69) is 15.8 Å². The number of hydrogen-bond donors (Lipinski definition) is 2. The van der Waals surface area contributed by atoms with Crippen molar-refractivity contribution >= 4 is 29.1 Å². The van der Waals surface area contributed by atoms with Crippen LogP contribution in [-0.4, -0.2) is 24.4 Å². The van der Waals surface area contributed by atoms with Crippen molar-refractivity contribution in [2.24, 2.45) is 0 Å². The normalized spacial score (nSPS) is 10.8. The molecular formula is C18H21Cl2N3O. The van der Waals surface area contributed by atoms with E-state index in [9.17, 15) is 4.79 Å². The molecule has 2 aromatic rings. The highest BCUT2D eigenvalue weighted by atomic mass is 35.5. The Hall–Kier alpha value is -1.59. The highest BCUT2D eigenvalue weighted by Crippen LogP contribution is 2.23. The van der Waals surface area contributed by atoms with Gasteiger partial charge in [0.1, 0.15) is 0 Å². The van der Waals surface area contributed by atoms with E-state index in [-0.39, 0.29) is 5.91 Å². The van der Waals surface area contributed by atoms with Crippen LogP contribution in [0.5, 0.6) is 0 Å². The number of hydrogen-bond acceptors (Lipinski definition) is 3. The fourth-order valence-electron chi connectivity index (χ4n) is 2.22. The van der Waals surface area contributed by atoms with Crippen molar-refractivity contribution in [1.29, 1.82) is 0 Å². The second-order valence-corrected chi connectivity index (χ2v) is 6.44. The fraction of sp³-hybridized carbons (Fsp3) is 0.278. The van der Waals surface area contributed by atoms with Crippen LogP contribution in [0.15, 0.2) is 48.5 Å². The molecule has 2 N–H and O–H groups in total. The molecule has 1 amide bonds. The van der Waals surface area contributed by atoms with Gasteiger partial charge in [0.25, 0.3) is 0 Å². The van der Waals surface area contributed by atoms with Crippen LogP contribution in [0.1, 0.15) is 17.5 Å². The maximum absolute atomic E-state index is 11.9. The lowest BCUT2D eigenvalue weighted by molar-refractivity contribution is -0.122. The molecule has 0 unspecified atom stereocenters. The van der Waals surface area contributed by atoms with Gasteiger partial charge in [-0.3, -0.25) is 10.2 Å². The Morgan fingerprint density at radius 3 is 2.50 bits per heavy atom. The summed E-state index contributed by atoms with van der Waals surface area (Å²) in [6.45, 7) is 1.96. The highest BCUT2D eigenvalue weighted by Gasteiger charge is 2.06. The Morgan fingerprint density at radius 2 is 1.79 bits per heavy atom. The number of benzene rings is 2. The molecule has 0 spiro atoms. The molecule has 0 fully saturated rings. The molecule has 0 bridgehead atoms. The van der Waals surface area contributed by atoms with Crippen molar-refractivity contribution in [3.63, 3.8) is 0 Å². The number of carbonyl (C=O) groups excluding carboxylic acids is 1. The molecule has 0 atom stereocenters. The first-order valence-corrected chi connectivity index (χ1v) is 8.48. The number of nitrogens with one attached hydrogen (secondary N) is 2. The maximum atomic E-state index is 11.9. The number of carbonyl (C=O) groups is 1. The Balaban J connectivity index is 1.66. The molecule has 2 rings (SSSR count). The molecule has 6 heteroatoms. The zero-order valence-electron chi connectivity index (χ0n) is 13.6. The van der Waals surface area contributed by atoms with E-state index in [1.165, 1.54) is 0 Å². The minimum absolute atomic E-state index is 0.0353. The van der Waals surface area contributed by atoms with E-state index in [0.29, 0.717) is 36.1 Å². The fourth-order valence-corrected chi connectivity index (χ4v) is 2.55. The average Bonchev–Trinajstić information content (AvgIpc) is 2.57. The minimum Gasteiger partial charge on any atom is -0.302 e. The molecule has 0 aliphatic rings. The second-order valence-electron chi connectivity index (χ2n) is 5.62. The quantitative estimate of drug-likeness (QED) is 0.702. The molecule has 0 saturated carbocycles. The van der Waals surface area contributed by atoms with Gasteiger partial charge in [-0.15, -0.1) is 0 Å². The molecular weight excluding hydrogens is 345 g/mol. The lowest BCUT2D eigenvalue weighted by Crippen LogP contribution is -2.38. The largest absolute Gasteiger partial charge is 0.302 e. The molecule has 4 nitrogen and oxygen atoms in total. The van der Waals surface area contributed by atoms with Gasteiger partial charge in [0.15, 0.2) is 0 Å². The molecule has 0 aliphatic heterocycles. The molecule has 2 aromatic carbocycles. The van der Waals surface area contributed by atoms with Crippen LogP contribution in [0.2, 0.25) is 10.0 Å². The predicted molar refractivity (Wildman–Crippen MR) is 98.8 cm³/mol. The standard InChI is InChI=1S/C18H21Cl2N3O/c1-23(13-15-7-8-16(19)17(20)11-15)10-9-18(24)22-21-12-14-5-3-2-4-6-14/h2-8,11,21H,9-10,12-13H2,1H3,(H,22,24). The van der Waals surface area contributed by atoms with Gasteiger partial charge in [-0.05, 0) is 30.3 Å². The number of amides is 1. The van der Waals surface area contributed by atoms with Crippen LogP contribution in [0.3, 0.4) is 0 Å². The van der Waals surface area contributed by atoms with Crippen LogP contribution in [0.25, 0.3) is 0 Å². The van der Waals surface area contributed by atoms with Crippen LogP contribution in [0, 0.1) is 0 Å². The molecule has 0 aromatic heterocycles. The summed E-state index contributed by atoms with van der Waals surface area (Å²) in [5.41, 5.74) is 7.84. The maximum Gasteiger partial charge on any atom is 0.235 e. The lowest BCUT2D eigenvalue weighted by Gasteiger charge is -2.17. The van der Waals surface area contributed by atoms with Gasteiger partial charge in [0, 0.05) is 26.1 Å². The highest BCUT2D eigenvalue weighted by molar-refractivity contribution is 6.42. The van der Waals surface area contributed by atoms with E-state index >= 15 is 0 Å². The summed E-state index contributed by atoms with van der Waals surface area (Å²) in [5, 5.41) is 1.09. The summed E-state index contributed by atoms with van der Waals surface area (Å²) >= 11 is 11.9. The first kappa shape index (κ1) is 18.7. The van der Waals surface area contributed by atoms with Crippen LogP contribution in [0.4, 0.5) is 0 Å². The Labute approximate surface area is 152 Å². The third-order valence-electron chi connectivity index (χ3n) is 3.52. The van der Waals surface area contributed by atoms with Crippen molar-refractivity contribution < 1.29 is 4.79 Å². The summed E-state index contributed by atoms with van der Waals surface area (Å²) in [4.78, 5) is 13.9. The van der Waals surface area contributed by atoms with E-state index in [1.54, 1.807) is 6.07 Å². The Morgan fingerprint density at radius 1 is 1.04 bits per heavy atom. The van der Waals surface area contributed by atoms with Gasteiger partial charge in [-0.25, -0.2) is 5.43 Å². The van der Waals surface area contributed by atoms with Gasteiger partial charge >= 0.3 is 0 Å². The van der Waals surface area contributed by atoms with Gasteiger partial charge in [0.05, 0.1) is 10.0 Å². The van der Waals surface area contributed by atoms with Crippen molar-refractivity contribution in [2.45, 2.75) is 19.5 Å². The number of halogens is 2. The monoisotopic (exact) mass is 365 g/mol. The Kier molecular flexibility index (Phi) is 7.53. The topological polar surface area (TPSA) is 44.4 Å². The van der Waals surface area contributed by atoms with Crippen molar-refractivity contribution in [3.8, 4) is 0 Å². The zero-order valence-corrected chi connectivity index (χ0v) is 15.1. The zero-order chi connectivity index (χ0) is 17.4. The summed E-state index contributed by atoms with van der Waals surface area (Å²) in [6.07, 6.45) is 0.416. The van der Waals surface area contributed by atoms with Crippen molar-refractivity contribution in [1.82, 2.24) is 15.8 Å².